The first kappa shape index (κ1) is 26.7. The Morgan fingerprint density at radius 2 is 1.67 bits per heavy atom. The van der Waals surface area contributed by atoms with Gasteiger partial charge in [-0.3, -0.25) is 9.35 Å². The van der Waals surface area contributed by atoms with Crippen LogP contribution in [0.15, 0.2) is 18.3 Å². The molecule has 1 aromatic rings. The van der Waals surface area contributed by atoms with Gasteiger partial charge >= 0.3 is 6.18 Å². The minimum Gasteiger partial charge on any atom is -0.309 e. The molecule has 1 heterocycles. The van der Waals surface area contributed by atoms with Crippen molar-refractivity contribution in [2.45, 2.75) is 75.6 Å². The summed E-state index contributed by atoms with van der Waals surface area (Å²) in [6.45, 7) is 1.28. The van der Waals surface area contributed by atoms with Crippen molar-refractivity contribution in [2.75, 3.05) is 11.1 Å². The van der Waals surface area contributed by atoms with Crippen molar-refractivity contribution in [3.8, 4) is 0 Å². The highest BCUT2D eigenvalue weighted by molar-refractivity contribution is 7.88. The number of amides is 1. The molecule has 30 heavy (non-hydrogen) atoms. The van der Waals surface area contributed by atoms with Crippen LogP contribution in [0, 0.1) is 0 Å². The van der Waals surface area contributed by atoms with Gasteiger partial charge in [0.1, 0.15) is 10.6 Å². The van der Waals surface area contributed by atoms with Gasteiger partial charge in [-0.1, -0.05) is 38.2 Å². The Balaban J connectivity index is 2.26. The molecule has 1 atom stereocenters. The summed E-state index contributed by atoms with van der Waals surface area (Å²) in [5.74, 6) is -1.27. The normalized spacial score (nSPS) is 14.3. The second-order valence-electron chi connectivity index (χ2n) is 7.60. The van der Waals surface area contributed by atoms with Gasteiger partial charge < -0.3 is 5.32 Å². The van der Waals surface area contributed by atoms with E-state index in [1.165, 1.54) is 6.92 Å². The Morgan fingerprint density at radius 3 is 2.17 bits per heavy atom. The Labute approximate surface area is 181 Å². The number of hydrogen-bond donors (Lipinski definition) is 3. The van der Waals surface area contributed by atoms with Crippen molar-refractivity contribution < 1.29 is 30.9 Å². The van der Waals surface area contributed by atoms with E-state index in [1.807, 2.05) is 0 Å². The van der Waals surface area contributed by atoms with E-state index in [2.05, 4.69) is 22.9 Å². The van der Waals surface area contributed by atoms with Crippen molar-refractivity contribution in [3.63, 3.8) is 0 Å². The van der Waals surface area contributed by atoms with Gasteiger partial charge in [0, 0.05) is 12.6 Å². The van der Waals surface area contributed by atoms with Crippen molar-refractivity contribution in [3.05, 3.63) is 23.9 Å². The summed E-state index contributed by atoms with van der Waals surface area (Å²) in [6, 6.07) is 3.41. The molecule has 0 aliphatic heterocycles. The van der Waals surface area contributed by atoms with Crippen molar-refractivity contribution in [2.24, 2.45) is 0 Å². The molecule has 0 aliphatic carbocycles. The fraction of sp³-hybridized carbons (Fsp3) is 0.684. The number of aromatic nitrogens is 1. The molecular formula is C19H29F3N2O4S2. The minimum atomic E-state index is -4.36. The van der Waals surface area contributed by atoms with Gasteiger partial charge in [-0.25, -0.2) is 4.98 Å². The van der Waals surface area contributed by atoms with Crippen LogP contribution in [0.1, 0.15) is 63.9 Å². The maximum Gasteiger partial charge on any atom is 0.389 e. The second-order valence-corrected chi connectivity index (χ2v) is 10.0. The third-order valence-corrected chi connectivity index (χ3v) is 5.96. The summed E-state index contributed by atoms with van der Waals surface area (Å²) in [6.07, 6.45) is 3.07. The van der Waals surface area contributed by atoms with Crippen LogP contribution >= 0.6 is 12.6 Å². The monoisotopic (exact) mass is 470 g/mol. The highest BCUT2D eigenvalue weighted by atomic mass is 32.2. The summed E-state index contributed by atoms with van der Waals surface area (Å²) in [4.78, 5) is 16.3. The number of aryl methyl sites for hydroxylation is 1. The second kappa shape index (κ2) is 11.9. The highest BCUT2D eigenvalue weighted by Gasteiger charge is 2.34. The zero-order chi connectivity index (χ0) is 22.8. The van der Waals surface area contributed by atoms with Gasteiger partial charge in [0.2, 0.25) is 5.91 Å². The molecule has 6 nitrogen and oxygen atoms in total. The molecule has 0 radical (unpaired) electrons. The van der Waals surface area contributed by atoms with Crippen LogP contribution in [-0.4, -0.2) is 40.5 Å². The maximum absolute atomic E-state index is 12.1. The van der Waals surface area contributed by atoms with Crippen molar-refractivity contribution in [1.29, 1.82) is 0 Å². The molecule has 0 aliphatic rings. The van der Waals surface area contributed by atoms with Crippen LogP contribution in [0.4, 0.5) is 19.0 Å². The number of carbonyl (C=O) groups is 1. The van der Waals surface area contributed by atoms with E-state index in [4.69, 9.17) is 4.55 Å². The number of carbonyl (C=O) groups excluding carboxylic acids is 1. The van der Waals surface area contributed by atoms with Gasteiger partial charge in [0.15, 0.2) is 0 Å². The number of pyridine rings is 1. The molecule has 11 heteroatoms. The molecule has 0 bridgehead atoms. The smallest absolute Gasteiger partial charge is 0.309 e. The molecule has 1 rings (SSSR count). The van der Waals surface area contributed by atoms with Crippen molar-refractivity contribution >= 4 is 34.5 Å². The molecule has 1 aromatic heterocycles. The van der Waals surface area contributed by atoms with Crippen LogP contribution < -0.4 is 5.32 Å². The van der Waals surface area contributed by atoms with E-state index in [0.717, 1.165) is 44.1 Å². The molecule has 2 N–H and O–H groups in total. The summed E-state index contributed by atoms with van der Waals surface area (Å²) >= 11 is 4.00. The number of alkyl halides is 3. The standard InChI is InChI=1S/C19H29F3N2O4S2/c1-18(29,14-30(26,27)28)17(25)24-16-11-10-15(13-23-16)9-7-5-3-2-4-6-8-12-19(20,21)22/h10-11,13,29H,2-9,12,14H2,1H3,(H,23,24,25)(H,26,27,28). The van der Waals surface area contributed by atoms with Crippen LogP contribution in [0.25, 0.3) is 0 Å². The lowest BCUT2D eigenvalue weighted by Gasteiger charge is -2.20. The third kappa shape index (κ3) is 12.4. The van der Waals surface area contributed by atoms with E-state index >= 15 is 0 Å². The predicted octanol–water partition coefficient (Wildman–Crippen LogP) is 4.82. The van der Waals surface area contributed by atoms with E-state index in [1.54, 1.807) is 18.3 Å². The molecule has 0 spiro atoms. The zero-order valence-corrected chi connectivity index (χ0v) is 18.6. The van der Waals surface area contributed by atoms with Gasteiger partial charge in [-0.2, -0.15) is 34.2 Å². The highest BCUT2D eigenvalue weighted by Crippen LogP contribution is 2.23. The topological polar surface area (TPSA) is 96.4 Å². The van der Waals surface area contributed by atoms with Gasteiger partial charge in [-0.15, -0.1) is 0 Å². The van der Waals surface area contributed by atoms with Crippen LogP contribution in [0.5, 0.6) is 0 Å². The molecule has 1 unspecified atom stereocenters. The minimum absolute atomic E-state index is 0.195. The number of anilines is 1. The van der Waals surface area contributed by atoms with Crippen LogP contribution in [0.2, 0.25) is 0 Å². The van der Waals surface area contributed by atoms with E-state index in [0.29, 0.717) is 6.42 Å². The first-order valence-corrected chi connectivity index (χ1v) is 11.8. The van der Waals surface area contributed by atoms with Crippen molar-refractivity contribution in [1.82, 2.24) is 4.98 Å². The lowest BCUT2D eigenvalue weighted by atomic mass is 10.0. The number of unbranched alkanes of at least 4 members (excludes halogenated alkanes) is 6. The van der Waals surface area contributed by atoms with Gasteiger partial charge in [-0.05, 0) is 37.8 Å². The predicted molar refractivity (Wildman–Crippen MR) is 113 cm³/mol. The number of nitrogens with zero attached hydrogens (tertiary/aromatic N) is 1. The number of hydrogen-bond acceptors (Lipinski definition) is 5. The number of halogens is 3. The first-order valence-electron chi connectivity index (χ1n) is 9.79. The van der Waals surface area contributed by atoms with E-state index in [9.17, 15) is 26.4 Å². The fourth-order valence-electron chi connectivity index (χ4n) is 2.86. The number of nitrogens with one attached hydrogen (secondary N) is 1. The molecule has 0 saturated carbocycles. The summed E-state index contributed by atoms with van der Waals surface area (Å²) in [7, 11) is -4.36. The van der Waals surface area contributed by atoms with E-state index < -0.39 is 39.1 Å². The first-order chi connectivity index (χ1) is 13.8. The summed E-state index contributed by atoms with van der Waals surface area (Å²) in [5, 5.41) is 2.47. The molecule has 172 valence electrons. The largest absolute Gasteiger partial charge is 0.389 e. The molecule has 0 saturated heterocycles. The lowest BCUT2D eigenvalue weighted by Crippen LogP contribution is -2.41. The fourth-order valence-corrected chi connectivity index (χ4v) is 4.24. The third-order valence-electron chi connectivity index (χ3n) is 4.44. The van der Waals surface area contributed by atoms with Gasteiger partial charge in [0.25, 0.3) is 10.1 Å². The Morgan fingerprint density at radius 1 is 1.10 bits per heavy atom. The quantitative estimate of drug-likeness (QED) is 0.218. The summed E-state index contributed by atoms with van der Waals surface area (Å²) in [5.41, 5.74) is 0.977. The average molecular weight is 471 g/mol. The summed E-state index contributed by atoms with van der Waals surface area (Å²) < 4.78 is 65.3. The Hall–Kier alpha value is -1.33. The van der Waals surface area contributed by atoms with Crippen LogP contribution in [-0.2, 0) is 21.3 Å². The van der Waals surface area contributed by atoms with Crippen LogP contribution in [0.3, 0.4) is 0 Å². The molecule has 0 aromatic carbocycles. The zero-order valence-electron chi connectivity index (χ0n) is 16.9. The molecule has 1 amide bonds. The Kier molecular flexibility index (Phi) is 10.6. The average Bonchev–Trinajstić information content (AvgIpc) is 2.58. The molecule has 0 fully saturated rings. The Bertz CT molecular complexity index is 767. The lowest BCUT2D eigenvalue weighted by molar-refractivity contribution is -0.135. The maximum atomic E-state index is 12.1. The number of rotatable bonds is 13. The number of thiol groups is 1. The van der Waals surface area contributed by atoms with E-state index in [-0.39, 0.29) is 12.2 Å². The van der Waals surface area contributed by atoms with Gasteiger partial charge in [0.05, 0.1) is 5.75 Å². The SMILES string of the molecule is CC(S)(CS(=O)(=O)O)C(=O)Nc1ccc(CCCCCCCCCC(F)(F)F)cn1. The molecular weight excluding hydrogens is 441 g/mol.